The van der Waals surface area contributed by atoms with Crippen LogP contribution in [0, 0.1) is 10.1 Å². The molecule has 120 valence electrons. The average Bonchev–Trinajstić information content (AvgIpc) is 2.54. The molecule has 23 heavy (non-hydrogen) atoms. The molecule has 0 aliphatic rings. The van der Waals surface area contributed by atoms with Gasteiger partial charge in [0.1, 0.15) is 5.60 Å². The van der Waals surface area contributed by atoms with Crippen LogP contribution < -0.4 is 5.32 Å². The molecule has 0 saturated carbocycles. The molecule has 2 aromatic carbocycles. The molecule has 1 unspecified atom stereocenters. The number of rotatable bonds is 6. The zero-order valence-corrected chi connectivity index (χ0v) is 12.7. The molecule has 0 radical (unpaired) electrons. The minimum Gasteiger partial charge on any atom is -0.384 e. The van der Waals surface area contributed by atoms with Gasteiger partial charge in [0.25, 0.3) is 5.69 Å². The Morgan fingerprint density at radius 2 is 1.91 bits per heavy atom. The van der Waals surface area contributed by atoms with Crippen molar-refractivity contribution in [3.05, 3.63) is 75.8 Å². The molecule has 2 aromatic rings. The highest BCUT2D eigenvalue weighted by Crippen LogP contribution is 2.19. The maximum absolute atomic E-state index is 12.0. The number of hydrogen-bond donors (Lipinski definition) is 2. The summed E-state index contributed by atoms with van der Waals surface area (Å²) in [4.78, 5) is 22.2. The Bertz CT molecular complexity index is 699. The van der Waals surface area contributed by atoms with Crippen LogP contribution in [0.4, 0.5) is 5.69 Å². The molecule has 0 fully saturated rings. The van der Waals surface area contributed by atoms with Crippen molar-refractivity contribution in [3.63, 3.8) is 0 Å². The Morgan fingerprint density at radius 1 is 1.22 bits per heavy atom. The predicted molar refractivity (Wildman–Crippen MR) is 85.8 cm³/mol. The van der Waals surface area contributed by atoms with E-state index >= 15 is 0 Å². The molecule has 2 N–H and O–H groups in total. The van der Waals surface area contributed by atoms with E-state index in [-0.39, 0.29) is 24.6 Å². The molecule has 1 atom stereocenters. The second-order valence-electron chi connectivity index (χ2n) is 5.52. The summed E-state index contributed by atoms with van der Waals surface area (Å²) in [6, 6.07) is 15.0. The van der Waals surface area contributed by atoms with Gasteiger partial charge in [-0.2, -0.15) is 0 Å². The van der Waals surface area contributed by atoms with E-state index in [1.807, 2.05) is 18.2 Å². The van der Waals surface area contributed by atoms with Crippen LogP contribution in [-0.4, -0.2) is 22.5 Å². The molecule has 0 spiro atoms. The number of benzene rings is 2. The zero-order chi connectivity index (χ0) is 16.9. The Morgan fingerprint density at radius 3 is 2.57 bits per heavy atom. The molecule has 6 nitrogen and oxygen atoms in total. The lowest BCUT2D eigenvalue weighted by molar-refractivity contribution is -0.384. The van der Waals surface area contributed by atoms with Crippen LogP contribution >= 0.6 is 0 Å². The molecule has 0 aliphatic carbocycles. The van der Waals surface area contributed by atoms with Gasteiger partial charge in [-0.15, -0.1) is 0 Å². The molecular weight excluding hydrogens is 296 g/mol. The summed E-state index contributed by atoms with van der Waals surface area (Å²) in [5.41, 5.74) is 0.0258. The summed E-state index contributed by atoms with van der Waals surface area (Å²) in [6.45, 7) is 1.68. The Hall–Kier alpha value is -2.73. The quantitative estimate of drug-likeness (QED) is 0.631. The smallest absolute Gasteiger partial charge is 0.269 e. The van der Waals surface area contributed by atoms with Gasteiger partial charge in [-0.05, 0) is 18.1 Å². The SMILES string of the molecule is CC(O)(CNC(=O)Cc1cccc([N+](=O)[O-])c1)c1ccccc1. The van der Waals surface area contributed by atoms with Crippen molar-refractivity contribution in [2.45, 2.75) is 18.9 Å². The fourth-order valence-corrected chi connectivity index (χ4v) is 2.20. The van der Waals surface area contributed by atoms with E-state index in [9.17, 15) is 20.0 Å². The molecule has 1 amide bonds. The van der Waals surface area contributed by atoms with E-state index in [0.717, 1.165) is 0 Å². The topological polar surface area (TPSA) is 92.5 Å². The number of nitrogens with one attached hydrogen (secondary N) is 1. The number of amides is 1. The van der Waals surface area contributed by atoms with Crippen LogP contribution in [0.15, 0.2) is 54.6 Å². The second-order valence-corrected chi connectivity index (χ2v) is 5.52. The number of carbonyl (C=O) groups excluding carboxylic acids is 1. The first-order chi connectivity index (χ1) is 10.9. The van der Waals surface area contributed by atoms with Gasteiger partial charge in [-0.3, -0.25) is 14.9 Å². The fraction of sp³-hybridized carbons (Fsp3) is 0.235. The molecule has 0 heterocycles. The van der Waals surface area contributed by atoms with Crippen LogP contribution in [0.3, 0.4) is 0 Å². The Labute approximate surface area is 133 Å². The van der Waals surface area contributed by atoms with Crippen LogP contribution in [-0.2, 0) is 16.8 Å². The number of nitrogens with zero attached hydrogens (tertiary/aromatic N) is 1. The van der Waals surface area contributed by atoms with Crippen LogP contribution in [0.25, 0.3) is 0 Å². The van der Waals surface area contributed by atoms with Crippen molar-refractivity contribution in [2.24, 2.45) is 0 Å². The average molecular weight is 314 g/mol. The van der Waals surface area contributed by atoms with Crippen molar-refractivity contribution in [2.75, 3.05) is 6.54 Å². The standard InChI is InChI=1S/C17H18N2O4/c1-17(21,14-7-3-2-4-8-14)12-18-16(20)11-13-6-5-9-15(10-13)19(22)23/h2-10,21H,11-12H2,1H3,(H,18,20). The molecule has 0 bridgehead atoms. The number of nitro benzene ring substituents is 1. The van der Waals surface area contributed by atoms with Crippen LogP contribution in [0.2, 0.25) is 0 Å². The van der Waals surface area contributed by atoms with Crippen molar-refractivity contribution >= 4 is 11.6 Å². The third-order valence-electron chi connectivity index (χ3n) is 3.51. The van der Waals surface area contributed by atoms with Crippen LogP contribution in [0.1, 0.15) is 18.1 Å². The normalized spacial score (nSPS) is 13.1. The number of nitro groups is 1. The van der Waals surface area contributed by atoms with Gasteiger partial charge in [-0.1, -0.05) is 42.5 Å². The number of non-ortho nitro benzene ring substituents is 1. The van der Waals surface area contributed by atoms with Crippen molar-refractivity contribution in [1.82, 2.24) is 5.32 Å². The lowest BCUT2D eigenvalue weighted by Crippen LogP contribution is -2.39. The minimum atomic E-state index is -1.18. The second kappa shape index (κ2) is 7.02. The van der Waals surface area contributed by atoms with Gasteiger partial charge in [0, 0.05) is 12.1 Å². The maximum Gasteiger partial charge on any atom is 0.269 e. The number of hydrogen-bond acceptors (Lipinski definition) is 4. The summed E-state index contributed by atoms with van der Waals surface area (Å²) in [5.74, 6) is -0.304. The highest BCUT2D eigenvalue weighted by Gasteiger charge is 2.23. The zero-order valence-electron chi connectivity index (χ0n) is 12.7. The summed E-state index contributed by atoms with van der Waals surface area (Å²) in [7, 11) is 0. The van der Waals surface area contributed by atoms with E-state index in [1.54, 1.807) is 31.2 Å². The molecular formula is C17H18N2O4. The van der Waals surface area contributed by atoms with E-state index in [2.05, 4.69) is 5.32 Å². The third kappa shape index (κ3) is 4.62. The first-order valence-corrected chi connectivity index (χ1v) is 7.16. The highest BCUT2D eigenvalue weighted by molar-refractivity contribution is 5.78. The summed E-state index contributed by atoms with van der Waals surface area (Å²) in [6.07, 6.45) is 0.0204. The van der Waals surface area contributed by atoms with E-state index < -0.39 is 10.5 Å². The molecule has 6 heteroatoms. The summed E-state index contributed by atoms with van der Waals surface area (Å²) >= 11 is 0. The van der Waals surface area contributed by atoms with Gasteiger partial charge in [-0.25, -0.2) is 0 Å². The highest BCUT2D eigenvalue weighted by atomic mass is 16.6. The van der Waals surface area contributed by atoms with Gasteiger partial charge in [0.2, 0.25) is 5.91 Å². The minimum absolute atomic E-state index is 0.0204. The molecule has 0 saturated heterocycles. The third-order valence-corrected chi connectivity index (χ3v) is 3.51. The van der Waals surface area contributed by atoms with Crippen molar-refractivity contribution in [1.29, 1.82) is 0 Å². The van der Waals surface area contributed by atoms with E-state index in [1.165, 1.54) is 12.1 Å². The van der Waals surface area contributed by atoms with E-state index in [0.29, 0.717) is 11.1 Å². The predicted octanol–water partition coefficient (Wildman–Crippen LogP) is 2.16. The first-order valence-electron chi connectivity index (χ1n) is 7.16. The van der Waals surface area contributed by atoms with Crippen LogP contribution in [0.5, 0.6) is 0 Å². The van der Waals surface area contributed by atoms with Gasteiger partial charge in [0.05, 0.1) is 17.9 Å². The largest absolute Gasteiger partial charge is 0.384 e. The Balaban J connectivity index is 1.95. The van der Waals surface area contributed by atoms with Gasteiger partial charge in [0.15, 0.2) is 0 Å². The molecule has 0 aromatic heterocycles. The van der Waals surface area contributed by atoms with Gasteiger partial charge < -0.3 is 10.4 Å². The molecule has 0 aliphatic heterocycles. The van der Waals surface area contributed by atoms with Gasteiger partial charge >= 0.3 is 0 Å². The number of carbonyl (C=O) groups is 1. The van der Waals surface area contributed by atoms with E-state index in [4.69, 9.17) is 0 Å². The van der Waals surface area contributed by atoms with Crippen molar-refractivity contribution in [3.8, 4) is 0 Å². The summed E-state index contributed by atoms with van der Waals surface area (Å²) < 4.78 is 0. The van der Waals surface area contributed by atoms with Crippen molar-refractivity contribution < 1.29 is 14.8 Å². The maximum atomic E-state index is 12.0. The molecule has 2 rings (SSSR count). The Kier molecular flexibility index (Phi) is 5.08. The monoisotopic (exact) mass is 314 g/mol. The summed E-state index contributed by atoms with van der Waals surface area (Å²) in [5, 5.41) is 23.8. The first kappa shape index (κ1) is 16.6. The lowest BCUT2D eigenvalue weighted by atomic mass is 9.96. The fourth-order valence-electron chi connectivity index (χ4n) is 2.20. The lowest BCUT2D eigenvalue weighted by Gasteiger charge is -2.24. The number of aliphatic hydroxyl groups is 1.